The quantitative estimate of drug-likeness (QED) is 0.734. The number of hydrogen-bond donors (Lipinski definition) is 1. The minimum absolute atomic E-state index is 0.0732. The highest BCUT2D eigenvalue weighted by Crippen LogP contribution is 2.18. The highest BCUT2D eigenvalue weighted by atomic mass is 32.2. The van der Waals surface area contributed by atoms with Crippen LogP contribution in [0.3, 0.4) is 0 Å². The Balaban J connectivity index is 1.84. The van der Waals surface area contributed by atoms with E-state index in [-0.39, 0.29) is 5.56 Å². The second kappa shape index (κ2) is 5.57. The van der Waals surface area contributed by atoms with Crippen molar-refractivity contribution in [2.24, 2.45) is 7.05 Å². The first-order valence-corrected chi connectivity index (χ1v) is 7.36. The molecule has 21 heavy (non-hydrogen) atoms. The average Bonchev–Trinajstić information content (AvgIpc) is 3.03. The Bertz CT molecular complexity index is 818. The van der Waals surface area contributed by atoms with Gasteiger partial charge in [0.1, 0.15) is 0 Å². The van der Waals surface area contributed by atoms with Crippen LogP contribution < -0.4 is 5.56 Å². The molecule has 1 aromatic carbocycles. The first-order valence-electron chi connectivity index (χ1n) is 6.37. The highest BCUT2D eigenvalue weighted by Gasteiger charge is 2.09. The summed E-state index contributed by atoms with van der Waals surface area (Å²) in [6.07, 6.45) is 0. The summed E-state index contributed by atoms with van der Waals surface area (Å²) in [6, 6.07) is 9.35. The fourth-order valence-corrected chi connectivity index (χ4v) is 2.75. The molecule has 0 amide bonds. The maximum atomic E-state index is 12.1. The predicted octanol–water partition coefficient (Wildman–Crippen LogP) is 1.29. The van der Waals surface area contributed by atoms with Gasteiger partial charge in [-0.15, -0.1) is 5.10 Å². The number of rotatable bonds is 4. The Morgan fingerprint density at radius 2 is 2.14 bits per heavy atom. The van der Waals surface area contributed by atoms with Crippen LogP contribution in [0.4, 0.5) is 0 Å². The Labute approximate surface area is 125 Å². The molecule has 0 spiro atoms. The van der Waals surface area contributed by atoms with Gasteiger partial charge in [-0.25, -0.2) is 9.36 Å². The van der Waals surface area contributed by atoms with Crippen molar-refractivity contribution in [3.63, 3.8) is 0 Å². The minimum Gasteiger partial charge on any atom is -0.294 e. The Hall–Kier alpha value is -2.35. The van der Waals surface area contributed by atoms with E-state index in [1.54, 1.807) is 22.5 Å². The molecule has 1 N–H and O–H groups in total. The molecule has 0 fully saturated rings. The molecule has 0 saturated carbocycles. The van der Waals surface area contributed by atoms with E-state index in [0.29, 0.717) is 10.9 Å². The SMILES string of the molecule is Cc1ccccc1-n1[nH]c(CSc2nnnn2C)cc1=O. The van der Waals surface area contributed by atoms with Crippen molar-refractivity contribution in [3.8, 4) is 5.69 Å². The number of hydrogen-bond acceptors (Lipinski definition) is 5. The molecular weight excluding hydrogens is 288 g/mol. The third-order valence-electron chi connectivity index (χ3n) is 3.07. The predicted molar refractivity (Wildman–Crippen MR) is 79.5 cm³/mol. The van der Waals surface area contributed by atoms with Crippen molar-refractivity contribution in [2.75, 3.05) is 0 Å². The standard InChI is InChI=1S/C13H14N6OS/c1-9-5-3-4-6-11(9)19-12(20)7-10(15-19)8-21-13-14-16-17-18(13)2/h3-7,15H,8H2,1-2H3. The van der Waals surface area contributed by atoms with Gasteiger partial charge in [0, 0.05) is 24.6 Å². The van der Waals surface area contributed by atoms with Gasteiger partial charge in [-0.3, -0.25) is 9.89 Å². The smallest absolute Gasteiger partial charge is 0.271 e. The maximum Gasteiger partial charge on any atom is 0.271 e. The van der Waals surface area contributed by atoms with Crippen LogP contribution in [0.2, 0.25) is 0 Å². The van der Waals surface area contributed by atoms with Crippen LogP contribution in [-0.4, -0.2) is 30.0 Å². The fraction of sp³-hybridized carbons (Fsp3) is 0.231. The van der Waals surface area contributed by atoms with Crippen molar-refractivity contribution in [1.82, 2.24) is 30.0 Å². The summed E-state index contributed by atoms with van der Waals surface area (Å²) < 4.78 is 3.15. The van der Waals surface area contributed by atoms with E-state index in [2.05, 4.69) is 20.6 Å². The lowest BCUT2D eigenvalue weighted by molar-refractivity contribution is 0.664. The number of nitrogens with zero attached hydrogens (tertiary/aromatic N) is 5. The third kappa shape index (κ3) is 2.75. The van der Waals surface area contributed by atoms with E-state index in [0.717, 1.165) is 16.9 Å². The highest BCUT2D eigenvalue weighted by molar-refractivity contribution is 7.98. The lowest BCUT2D eigenvalue weighted by Crippen LogP contribution is -2.14. The molecule has 7 nitrogen and oxygen atoms in total. The number of thioether (sulfide) groups is 1. The summed E-state index contributed by atoms with van der Waals surface area (Å²) in [4.78, 5) is 12.1. The number of aromatic nitrogens is 6. The molecule has 0 atom stereocenters. The van der Waals surface area contributed by atoms with E-state index < -0.39 is 0 Å². The van der Waals surface area contributed by atoms with Crippen LogP contribution in [0, 0.1) is 6.92 Å². The van der Waals surface area contributed by atoms with E-state index in [1.807, 2.05) is 31.2 Å². The zero-order valence-corrected chi connectivity index (χ0v) is 12.5. The Morgan fingerprint density at radius 3 is 2.86 bits per heavy atom. The molecule has 0 saturated heterocycles. The summed E-state index contributed by atoms with van der Waals surface area (Å²) >= 11 is 1.47. The summed E-state index contributed by atoms with van der Waals surface area (Å²) in [7, 11) is 1.78. The molecule has 0 bridgehead atoms. The van der Waals surface area contributed by atoms with Gasteiger partial charge >= 0.3 is 0 Å². The van der Waals surface area contributed by atoms with Crippen molar-refractivity contribution in [2.45, 2.75) is 17.8 Å². The van der Waals surface area contributed by atoms with Gasteiger partial charge in [-0.05, 0) is 29.0 Å². The molecule has 0 radical (unpaired) electrons. The van der Waals surface area contributed by atoms with Crippen LogP contribution in [0.1, 0.15) is 11.3 Å². The van der Waals surface area contributed by atoms with Gasteiger partial charge in [0.05, 0.1) is 5.69 Å². The van der Waals surface area contributed by atoms with Crippen LogP contribution in [-0.2, 0) is 12.8 Å². The van der Waals surface area contributed by atoms with Crippen LogP contribution >= 0.6 is 11.8 Å². The van der Waals surface area contributed by atoms with Crippen LogP contribution in [0.5, 0.6) is 0 Å². The number of para-hydroxylation sites is 1. The molecule has 0 aliphatic heterocycles. The first kappa shape index (κ1) is 13.6. The lowest BCUT2D eigenvalue weighted by atomic mass is 10.2. The van der Waals surface area contributed by atoms with Gasteiger partial charge in [0.15, 0.2) is 0 Å². The molecule has 3 rings (SSSR count). The van der Waals surface area contributed by atoms with Gasteiger partial charge in [0.25, 0.3) is 5.56 Å². The molecule has 0 aliphatic carbocycles. The minimum atomic E-state index is -0.0732. The fourth-order valence-electron chi connectivity index (χ4n) is 2.00. The number of H-pyrrole nitrogens is 1. The van der Waals surface area contributed by atoms with Crippen molar-refractivity contribution < 1.29 is 0 Å². The second-order valence-electron chi connectivity index (χ2n) is 4.62. The molecule has 108 valence electrons. The lowest BCUT2D eigenvalue weighted by Gasteiger charge is -2.05. The number of nitrogens with one attached hydrogen (secondary N) is 1. The number of aryl methyl sites for hydroxylation is 2. The average molecular weight is 302 g/mol. The van der Waals surface area contributed by atoms with Crippen molar-refractivity contribution in [3.05, 3.63) is 51.9 Å². The molecule has 3 aromatic rings. The molecular formula is C13H14N6OS. The summed E-state index contributed by atoms with van der Waals surface area (Å²) in [5.41, 5.74) is 2.66. The van der Waals surface area contributed by atoms with Gasteiger partial charge < -0.3 is 0 Å². The topological polar surface area (TPSA) is 81.4 Å². The van der Waals surface area contributed by atoms with Gasteiger partial charge in [-0.2, -0.15) is 0 Å². The van der Waals surface area contributed by atoms with Crippen molar-refractivity contribution >= 4 is 11.8 Å². The van der Waals surface area contributed by atoms with Crippen LogP contribution in [0.25, 0.3) is 5.69 Å². The Kier molecular flexibility index (Phi) is 3.61. The zero-order valence-electron chi connectivity index (χ0n) is 11.6. The number of aromatic amines is 1. The van der Waals surface area contributed by atoms with E-state index in [9.17, 15) is 4.79 Å². The summed E-state index contributed by atoms with van der Waals surface area (Å²) in [5.74, 6) is 0.600. The number of benzene rings is 1. The first-order chi connectivity index (χ1) is 10.1. The molecule has 2 aromatic heterocycles. The monoisotopic (exact) mass is 302 g/mol. The Morgan fingerprint density at radius 1 is 1.33 bits per heavy atom. The molecule has 8 heteroatoms. The molecule has 0 aliphatic rings. The maximum absolute atomic E-state index is 12.1. The van der Waals surface area contributed by atoms with E-state index in [4.69, 9.17) is 0 Å². The third-order valence-corrected chi connectivity index (χ3v) is 4.13. The second-order valence-corrected chi connectivity index (χ2v) is 5.56. The van der Waals surface area contributed by atoms with E-state index in [1.165, 1.54) is 11.8 Å². The summed E-state index contributed by atoms with van der Waals surface area (Å²) in [6.45, 7) is 1.97. The zero-order chi connectivity index (χ0) is 14.8. The van der Waals surface area contributed by atoms with Crippen molar-refractivity contribution in [1.29, 1.82) is 0 Å². The number of tetrazole rings is 1. The van der Waals surface area contributed by atoms with Crippen LogP contribution in [0.15, 0.2) is 40.3 Å². The molecule has 2 heterocycles. The van der Waals surface area contributed by atoms with E-state index >= 15 is 0 Å². The molecule has 0 unspecified atom stereocenters. The van der Waals surface area contributed by atoms with Gasteiger partial charge in [-0.1, -0.05) is 30.0 Å². The largest absolute Gasteiger partial charge is 0.294 e. The van der Waals surface area contributed by atoms with Gasteiger partial charge in [0.2, 0.25) is 5.16 Å². The normalized spacial score (nSPS) is 11.0. The summed E-state index contributed by atoms with van der Waals surface area (Å²) in [5, 5.41) is 15.1.